The van der Waals surface area contributed by atoms with Crippen LogP contribution in [0.2, 0.25) is 0 Å². The summed E-state index contributed by atoms with van der Waals surface area (Å²) in [6.45, 7) is 2.13. The van der Waals surface area contributed by atoms with Gasteiger partial charge in [-0.1, -0.05) is 18.2 Å². The molecule has 3 saturated heterocycles. The van der Waals surface area contributed by atoms with E-state index in [-0.39, 0.29) is 47.0 Å². The lowest BCUT2D eigenvalue weighted by atomic mass is 9.76. The highest BCUT2D eigenvalue weighted by Gasteiger charge is 2.55. The molecule has 2 aromatic rings. The van der Waals surface area contributed by atoms with Gasteiger partial charge in [0.15, 0.2) is 17.6 Å². The molecule has 10 N–H and O–H groups in total. The first kappa shape index (κ1) is 37.7. The second-order valence-electron chi connectivity index (χ2n) is 12.7. The number of aromatic hydroxyl groups is 2. The third kappa shape index (κ3) is 6.91. The van der Waals surface area contributed by atoms with E-state index < -0.39 is 104 Å². The van der Waals surface area contributed by atoms with E-state index in [4.69, 9.17) is 33.2 Å². The van der Waals surface area contributed by atoms with E-state index in [1.165, 1.54) is 36.4 Å². The Bertz CT molecular complexity index is 1650. The zero-order valence-corrected chi connectivity index (χ0v) is 27.3. The molecule has 13 atom stereocenters. The molecule has 2 aromatic carbocycles. The van der Waals surface area contributed by atoms with Crippen LogP contribution in [0.4, 0.5) is 0 Å². The highest BCUT2D eigenvalue weighted by Crippen LogP contribution is 2.46. The maximum atomic E-state index is 12.4. The van der Waals surface area contributed by atoms with E-state index in [0.717, 1.165) is 12.3 Å². The van der Waals surface area contributed by atoms with Crippen LogP contribution in [-0.4, -0.2) is 150 Å². The van der Waals surface area contributed by atoms with Gasteiger partial charge in [-0.2, -0.15) is 0 Å². The van der Waals surface area contributed by atoms with Gasteiger partial charge in [0.1, 0.15) is 65.4 Å². The summed E-state index contributed by atoms with van der Waals surface area (Å²) in [4.78, 5) is 12.4. The van der Waals surface area contributed by atoms with Crippen LogP contribution in [0, 0.1) is 5.92 Å². The number of phenols is 2. The second-order valence-corrected chi connectivity index (χ2v) is 12.7. The Kier molecular flexibility index (Phi) is 11.0. The molecule has 1 unspecified atom stereocenters. The molecule has 4 aliphatic rings. The standard InChI is InChI=1S/C34H40O18/c1-2-18-31(47-13-19-30(44)46-7-6-34(18,19)45)52-33-29(26(42)24(40)22(12-36)50-33)51-28-17(14-4-3-5-15(37)8-14)9-16(10-20(28)38)48-32-27(43)25(41)23(39)21(11-35)49-32/h2-5,8-10,13,18,21-27,29,31-33,35-43,45H,1,6-7,11-12H2/t18-,21+,22+,23+,24+,25-,26?,27+,29+,31-,32+,33-,34+/m0/s1. The van der Waals surface area contributed by atoms with E-state index >= 15 is 0 Å². The summed E-state index contributed by atoms with van der Waals surface area (Å²) >= 11 is 0. The number of aliphatic hydroxyl groups is 8. The number of phenolic OH excluding ortho intramolecular Hbond substituents is 2. The van der Waals surface area contributed by atoms with Crippen molar-refractivity contribution in [1.29, 1.82) is 0 Å². The minimum absolute atomic E-state index is 0.000649. The minimum Gasteiger partial charge on any atom is -0.508 e. The van der Waals surface area contributed by atoms with Crippen molar-refractivity contribution in [3.8, 4) is 34.1 Å². The lowest BCUT2D eigenvalue weighted by Crippen LogP contribution is -2.63. The Morgan fingerprint density at radius 3 is 2.23 bits per heavy atom. The number of fused-ring (bicyclic) bond motifs is 1. The maximum Gasteiger partial charge on any atom is 0.340 e. The average Bonchev–Trinajstić information content (AvgIpc) is 3.11. The Balaban J connectivity index is 1.35. The fourth-order valence-corrected chi connectivity index (χ4v) is 6.58. The van der Waals surface area contributed by atoms with Gasteiger partial charge in [-0.05, 0) is 23.8 Å². The lowest BCUT2D eigenvalue weighted by molar-refractivity contribution is -0.340. The Labute approximate surface area is 295 Å². The van der Waals surface area contributed by atoms with Crippen LogP contribution in [0.15, 0.2) is 60.9 Å². The molecular weight excluding hydrogens is 696 g/mol. The largest absolute Gasteiger partial charge is 0.508 e. The van der Waals surface area contributed by atoms with Gasteiger partial charge >= 0.3 is 5.97 Å². The molecule has 0 spiro atoms. The van der Waals surface area contributed by atoms with Crippen molar-refractivity contribution in [2.24, 2.45) is 5.92 Å². The number of hydrogen-bond acceptors (Lipinski definition) is 18. The monoisotopic (exact) mass is 736 g/mol. The van der Waals surface area contributed by atoms with Crippen LogP contribution in [0.25, 0.3) is 11.1 Å². The quantitative estimate of drug-likeness (QED) is 0.0921. The minimum atomic E-state index is -1.86. The summed E-state index contributed by atoms with van der Waals surface area (Å²) < 4.78 is 39.8. The molecule has 6 rings (SSSR count). The molecule has 4 aliphatic heterocycles. The van der Waals surface area contributed by atoms with Crippen LogP contribution in [0.1, 0.15) is 6.42 Å². The van der Waals surface area contributed by atoms with Crippen LogP contribution < -0.4 is 9.47 Å². The first-order valence-corrected chi connectivity index (χ1v) is 16.3. The van der Waals surface area contributed by atoms with Gasteiger partial charge in [0.25, 0.3) is 0 Å². The number of carbonyl (C=O) groups excluding carboxylic acids is 1. The second kappa shape index (κ2) is 15.1. The van der Waals surface area contributed by atoms with E-state index in [2.05, 4.69) is 6.58 Å². The predicted molar refractivity (Wildman–Crippen MR) is 170 cm³/mol. The van der Waals surface area contributed by atoms with Crippen molar-refractivity contribution in [1.82, 2.24) is 0 Å². The smallest absolute Gasteiger partial charge is 0.340 e. The molecule has 4 heterocycles. The Hall–Kier alpha value is -4.05. The molecule has 0 amide bonds. The summed E-state index contributed by atoms with van der Waals surface area (Å²) in [5.74, 6) is -3.33. The lowest BCUT2D eigenvalue weighted by Gasteiger charge is -2.47. The van der Waals surface area contributed by atoms with Gasteiger partial charge < -0.3 is 84.2 Å². The molecule has 52 heavy (non-hydrogen) atoms. The van der Waals surface area contributed by atoms with E-state index in [0.29, 0.717) is 0 Å². The SMILES string of the molecule is C=C[C@H]1[C@H](O[C@@H]2O[C@H](CO)[C@@H](O)C(O)[C@H]2Oc2c(O)cc(O[C@@H]3O[C@H](CO)[C@@H](O)[C@H](O)[C@H]3O)cc2-c2cccc(O)c2)OC=C2C(=O)OCC[C@]21O. The molecule has 0 aliphatic carbocycles. The van der Waals surface area contributed by atoms with Crippen molar-refractivity contribution in [2.45, 2.75) is 79.7 Å². The van der Waals surface area contributed by atoms with Gasteiger partial charge in [0.2, 0.25) is 18.9 Å². The molecule has 0 aromatic heterocycles. The summed E-state index contributed by atoms with van der Waals surface area (Å²) in [6.07, 6.45) is -15.8. The van der Waals surface area contributed by atoms with E-state index in [9.17, 15) is 55.9 Å². The first-order chi connectivity index (χ1) is 24.8. The number of carbonyl (C=O) groups is 1. The van der Waals surface area contributed by atoms with E-state index in [1.54, 1.807) is 0 Å². The van der Waals surface area contributed by atoms with Crippen LogP contribution in [0.5, 0.6) is 23.0 Å². The number of rotatable bonds is 10. The van der Waals surface area contributed by atoms with Crippen LogP contribution in [-0.2, 0) is 28.5 Å². The summed E-state index contributed by atoms with van der Waals surface area (Å²) in [5, 5.41) is 106. The van der Waals surface area contributed by atoms with Crippen molar-refractivity contribution in [2.75, 3.05) is 19.8 Å². The number of aliphatic hydroxyl groups excluding tert-OH is 7. The predicted octanol–water partition coefficient (Wildman–Crippen LogP) is -2.13. The van der Waals surface area contributed by atoms with Crippen LogP contribution in [0.3, 0.4) is 0 Å². The Morgan fingerprint density at radius 1 is 0.865 bits per heavy atom. The van der Waals surface area contributed by atoms with E-state index in [1.807, 2.05) is 0 Å². The zero-order chi connectivity index (χ0) is 37.5. The third-order valence-electron chi connectivity index (χ3n) is 9.47. The number of ether oxygens (including phenoxy) is 7. The first-order valence-electron chi connectivity index (χ1n) is 16.3. The van der Waals surface area contributed by atoms with Gasteiger partial charge in [0.05, 0.1) is 32.0 Å². The van der Waals surface area contributed by atoms with Crippen LogP contribution >= 0.6 is 0 Å². The van der Waals surface area contributed by atoms with Crippen molar-refractivity contribution in [3.05, 3.63) is 60.9 Å². The highest BCUT2D eigenvalue weighted by molar-refractivity contribution is 5.91. The normalized spacial score (nSPS) is 37.5. The molecule has 18 nitrogen and oxygen atoms in total. The third-order valence-corrected chi connectivity index (χ3v) is 9.47. The summed E-state index contributed by atoms with van der Waals surface area (Å²) in [5.41, 5.74) is -1.78. The summed E-state index contributed by atoms with van der Waals surface area (Å²) in [6, 6.07) is 7.95. The fraction of sp³-hybridized carbons (Fsp3) is 0.500. The maximum absolute atomic E-state index is 12.4. The van der Waals surface area contributed by atoms with Gasteiger partial charge in [-0.15, -0.1) is 6.58 Å². The molecule has 18 heteroatoms. The highest BCUT2D eigenvalue weighted by atomic mass is 16.8. The molecule has 284 valence electrons. The van der Waals surface area contributed by atoms with Gasteiger partial charge in [-0.3, -0.25) is 0 Å². The zero-order valence-electron chi connectivity index (χ0n) is 27.3. The number of hydrogen-bond donors (Lipinski definition) is 10. The summed E-state index contributed by atoms with van der Waals surface area (Å²) in [7, 11) is 0. The van der Waals surface area contributed by atoms with Gasteiger partial charge in [0, 0.05) is 18.1 Å². The van der Waals surface area contributed by atoms with Crippen molar-refractivity contribution in [3.63, 3.8) is 0 Å². The molecule has 0 radical (unpaired) electrons. The van der Waals surface area contributed by atoms with Crippen molar-refractivity contribution < 1.29 is 89.0 Å². The number of cyclic esters (lactones) is 1. The molecule has 0 bridgehead atoms. The molecule has 0 saturated carbocycles. The molecule has 3 fully saturated rings. The average molecular weight is 737 g/mol. The molecular formula is C34H40O18. The topological polar surface area (TPSA) is 284 Å². The Morgan fingerprint density at radius 2 is 1.56 bits per heavy atom. The van der Waals surface area contributed by atoms with Crippen molar-refractivity contribution >= 4 is 5.97 Å². The fourth-order valence-electron chi connectivity index (χ4n) is 6.58. The number of benzene rings is 2. The number of esters is 1. The van der Waals surface area contributed by atoms with Gasteiger partial charge in [-0.25, -0.2) is 4.79 Å².